The van der Waals surface area contributed by atoms with Crippen molar-refractivity contribution < 1.29 is 49.6 Å². The van der Waals surface area contributed by atoms with Crippen LogP contribution in [0.5, 0.6) is 17.2 Å². The number of benzene rings is 3. The first-order valence-corrected chi connectivity index (χ1v) is 12.2. The average molecular weight is 529 g/mol. The topological polar surface area (TPSA) is 166 Å². The lowest BCUT2D eigenvalue weighted by Gasteiger charge is -2.42. The third kappa shape index (κ3) is 5.32. The molecule has 1 heterocycles. The number of aromatic hydroxyl groups is 1. The third-order valence-corrected chi connectivity index (χ3v) is 6.81. The van der Waals surface area contributed by atoms with E-state index in [4.69, 9.17) is 14.2 Å². The number of carbonyl (C=O) groups is 1. The molecule has 1 fully saturated rings. The van der Waals surface area contributed by atoms with Crippen LogP contribution in [0.25, 0.3) is 10.8 Å². The van der Waals surface area contributed by atoms with E-state index in [0.717, 1.165) is 0 Å². The molecule has 0 saturated carbocycles. The van der Waals surface area contributed by atoms with Gasteiger partial charge in [-0.3, -0.25) is 4.79 Å². The average Bonchev–Trinajstić information content (AvgIpc) is 2.88. The van der Waals surface area contributed by atoms with Crippen molar-refractivity contribution in [3.8, 4) is 17.2 Å². The van der Waals surface area contributed by atoms with Gasteiger partial charge in [-0.15, -0.1) is 0 Å². The van der Waals surface area contributed by atoms with Crippen molar-refractivity contribution in [2.24, 2.45) is 0 Å². The van der Waals surface area contributed by atoms with Crippen LogP contribution in [0.1, 0.15) is 40.9 Å². The molecule has 1 aliphatic rings. The molecule has 38 heavy (non-hydrogen) atoms. The summed E-state index contributed by atoms with van der Waals surface area (Å²) in [5.74, 6) is -0.380. The van der Waals surface area contributed by atoms with Crippen molar-refractivity contribution in [2.45, 2.75) is 63.2 Å². The highest BCUT2D eigenvalue weighted by Gasteiger charge is 2.48. The molecule has 7 atom stereocenters. The fourth-order valence-corrected chi connectivity index (χ4v) is 4.84. The number of methoxy groups -OCH3 is 1. The molecule has 4 rings (SSSR count). The highest BCUT2D eigenvalue weighted by Crippen LogP contribution is 2.42. The summed E-state index contributed by atoms with van der Waals surface area (Å²) in [4.78, 5) is 12.2. The molecule has 0 amide bonds. The number of phenols is 1. The summed E-state index contributed by atoms with van der Waals surface area (Å²) in [7, 11) is 1.43. The molecule has 1 saturated heterocycles. The molecule has 0 unspecified atom stereocenters. The fourth-order valence-electron chi connectivity index (χ4n) is 4.84. The summed E-state index contributed by atoms with van der Waals surface area (Å²) < 4.78 is 16.9. The molecular formula is C28H32O10. The van der Waals surface area contributed by atoms with Gasteiger partial charge in [-0.05, 0) is 36.4 Å². The van der Waals surface area contributed by atoms with Crippen molar-refractivity contribution in [1.29, 1.82) is 0 Å². The first-order valence-electron chi connectivity index (χ1n) is 12.2. The van der Waals surface area contributed by atoms with Crippen LogP contribution in [0.2, 0.25) is 0 Å². The Morgan fingerprint density at radius 3 is 2.34 bits per heavy atom. The van der Waals surface area contributed by atoms with Crippen molar-refractivity contribution in [3.05, 3.63) is 65.2 Å². The van der Waals surface area contributed by atoms with Crippen LogP contribution in [0.4, 0.5) is 0 Å². The SMILES string of the molecule is COc1cc(O[C@@H]2O[C@H]([C@H](O)C[C@H](O)c3ccccc3)[C@@H](O)[C@H](O)[C@H]2O)c2c(O)c(C(C)=O)c(C)cc2c1. The molecule has 6 N–H and O–H groups in total. The largest absolute Gasteiger partial charge is 0.506 e. The molecule has 0 bridgehead atoms. The van der Waals surface area contributed by atoms with Gasteiger partial charge in [-0.25, -0.2) is 0 Å². The van der Waals surface area contributed by atoms with E-state index in [1.54, 1.807) is 49.4 Å². The molecule has 204 valence electrons. The van der Waals surface area contributed by atoms with Gasteiger partial charge in [0.1, 0.15) is 41.7 Å². The lowest BCUT2D eigenvalue weighted by atomic mass is 9.91. The van der Waals surface area contributed by atoms with E-state index >= 15 is 0 Å². The monoisotopic (exact) mass is 528 g/mol. The van der Waals surface area contributed by atoms with Crippen molar-refractivity contribution >= 4 is 16.6 Å². The minimum Gasteiger partial charge on any atom is -0.506 e. The Morgan fingerprint density at radius 1 is 1.03 bits per heavy atom. The van der Waals surface area contributed by atoms with Gasteiger partial charge >= 0.3 is 0 Å². The molecule has 0 radical (unpaired) electrons. The maximum atomic E-state index is 12.2. The molecular weight excluding hydrogens is 496 g/mol. The second-order valence-electron chi connectivity index (χ2n) is 9.49. The van der Waals surface area contributed by atoms with Crippen LogP contribution < -0.4 is 9.47 Å². The predicted molar refractivity (Wildman–Crippen MR) is 136 cm³/mol. The zero-order valence-electron chi connectivity index (χ0n) is 21.2. The second-order valence-corrected chi connectivity index (χ2v) is 9.49. The second kappa shape index (κ2) is 11.2. The van der Waals surface area contributed by atoms with Crippen LogP contribution in [-0.4, -0.2) is 80.3 Å². The number of ketones is 1. The predicted octanol–water partition coefficient (Wildman–Crippen LogP) is 1.74. The van der Waals surface area contributed by atoms with Crippen LogP contribution in [0.3, 0.4) is 0 Å². The maximum absolute atomic E-state index is 12.2. The van der Waals surface area contributed by atoms with Gasteiger partial charge in [0.2, 0.25) is 6.29 Å². The van der Waals surface area contributed by atoms with E-state index in [0.29, 0.717) is 22.3 Å². The number of aliphatic hydroxyl groups excluding tert-OH is 5. The van der Waals surface area contributed by atoms with E-state index in [-0.39, 0.29) is 34.7 Å². The molecule has 3 aromatic carbocycles. The number of ether oxygens (including phenoxy) is 3. The third-order valence-electron chi connectivity index (χ3n) is 6.81. The van der Waals surface area contributed by atoms with Gasteiger partial charge in [0.15, 0.2) is 5.78 Å². The van der Waals surface area contributed by atoms with E-state index < -0.39 is 42.9 Å². The van der Waals surface area contributed by atoms with Gasteiger partial charge in [0, 0.05) is 12.5 Å². The first-order chi connectivity index (χ1) is 18.0. The van der Waals surface area contributed by atoms with Gasteiger partial charge in [-0.2, -0.15) is 0 Å². The summed E-state index contributed by atoms with van der Waals surface area (Å²) in [5.41, 5.74) is 1.17. The van der Waals surface area contributed by atoms with Crippen LogP contribution in [0.15, 0.2) is 48.5 Å². The lowest BCUT2D eigenvalue weighted by Crippen LogP contribution is -2.62. The summed E-state index contributed by atoms with van der Waals surface area (Å²) in [6.45, 7) is 3.00. The van der Waals surface area contributed by atoms with Gasteiger partial charge in [-0.1, -0.05) is 36.4 Å². The molecule has 10 nitrogen and oxygen atoms in total. The quantitative estimate of drug-likeness (QED) is 0.237. The number of carbonyl (C=O) groups excluding carboxylic acids is 1. The van der Waals surface area contributed by atoms with Crippen LogP contribution >= 0.6 is 0 Å². The van der Waals surface area contributed by atoms with Crippen LogP contribution in [0, 0.1) is 6.92 Å². The van der Waals surface area contributed by atoms with E-state index in [2.05, 4.69) is 0 Å². The molecule has 0 aliphatic carbocycles. The lowest BCUT2D eigenvalue weighted by molar-refractivity contribution is -0.289. The Morgan fingerprint density at radius 2 is 1.71 bits per heavy atom. The smallest absolute Gasteiger partial charge is 0.229 e. The molecule has 0 aromatic heterocycles. The highest BCUT2D eigenvalue weighted by atomic mass is 16.7. The standard InChI is InChI=1S/C28H32O10/c1-13-9-16-10-17(36-3)11-20(22(16)23(32)21(13)14(2)29)37-28-26(35)24(33)25(34)27(38-28)19(31)12-18(30)15-7-5-4-6-8-15/h4-11,18-19,24-28,30-35H,12H2,1-3H3/t18-,19+,24-,25-,26+,27+,28+/m0/s1. The van der Waals surface area contributed by atoms with E-state index in [1.807, 2.05) is 0 Å². The Hall–Kier alpha value is -3.25. The normalized spacial score (nSPS) is 25.1. The van der Waals surface area contributed by atoms with Crippen LogP contribution in [-0.2, 0) is 4.74 Å². The number of aryl methyl sites for hydroxylation is 1. The van der Waals surface area contributed by atoms with Crippen molar-refractivity contribution in [2.75, 3.05) is 7.11 Å². The van der Waals surface area contributed by atoms with Gasteiger partial charge in [0.25, 0.3) is 0 Å². The number of aliphatic hydroxyl groups is 5. The summed E-state index contributed by atoms with van der Waals surface area (Å²) >= 11 is 0. The number of hydrogen-bond acceptors (Lipinski definition) is 10. The van der Waals surface area contributed by atoms with E-state index in [1.165, 1.54) is 20.1 Å². The minimum atomic E-state index is -1.76. The summed E-state index contributed by atoms with van der Waals surface area (Å²) in [5, 5.41) is 64.6. The number of Topliss-reactive ketones (excluding diaryl/α,β-unsaturated/α-hetero) is 1. The summed E-state index contributed by atoms with van der Waals surface area (Å²) in [6, 6.07) is 13.3. The fraction of sp³-hybridized carbons (Fsp3) is 0.393. The number of phenolic OH excluding ortho intramolecular Hbond substituents is 1. The van der Waals surface area contributed by atoms with Gasteiger partial charge < -0.3 is 44.8 Å². The molecule has 10 heteroatoms. The van der Waals surface area contributed by atoms with Crippen molar-refractivity contribution in [3.63, 3.8) is 0 Å². The Kier molecular flexibility index (Phi) is 8.22. The minimum absolute atomic E-state index is 0.0236. The zero-order chi connectivity index (χ0) is 27.7. The first kappa shape index (κ1) is 27.8. The molecule has 1 aliphatic heterocycles. The zero-order valence-corrected chi connectivity index (χ0v) is 21.2. The Bertz CT molecular complexity index is 1290. The molecule has 0 spiro atoms. The number of fused-ring (bicyclic) bond motifs is 1. The number of rotatable bonds is 8. The van der Waals surface area contributed by atoms with Crippen molar-refractivity contribution in [1.82, 2.24) is 0 Å². The Labute approximate surface area is 219 Å². The Balaban J connectivity index is 1.66. The van der Waals surface area contributed by atoms with Gasteiger partial charge in [0.05, 0.1) is 30.3 Å². The molecule has 3 aromatic rings. The maximum Gasteiger partial charge on any atom is 0.229 e. The summed E-state index contributed by atoms with van der Waals surface area (Å²) in [6.07, 6.45) is -11.0. The highest BCUT2D eigenvalue weighted by molar-refractivity contribution is 6.07. The number of hydrogen-bond donors (Lipinski definition) is 6. The van der Waals surface area contributed by atoms with E-state index in [9.17, 15) is 35.4 Å².